The van der Waals surface area contributed by atoms with E-state index in [1.165, 1.54) is 11.3 Å². The van der Waals surface area contributed by atoms with E-state index in [9.17, 15) is 24.3 Å². The molecule has 3 heterocycles. The number of nitrogens with one attached hydrogen (secondary N) is 2. The number of hydrogen-bond donors (Lipinski definition) is 3. The summed E-state index contributed by atoms with van der Waals surface area (Å²) < 4.78 is 5.35. The number of morpholine rings is 1. The summed E-state index contributed by atoms with van der Waals surface area (Å²) in [4.78, 5) is 56.7. The lowest BCUT2D eigenvalue weighted by Crippen LogP contribution is -2.54. The van der Waals surface area contributed by atoms with Crippen LogP contribution in [0.3, 0.4) is 0 Å². The maximum absolute atomic E-state index is 13.2. The predicted molar refractivity (Wildman–Crippen MR) is 146 cm³/mol. The summed E-state index contributed by atoms with van der Waals surface area (Å²) in [5, 5.41) is 17.0. The number of ether oxygens (including phenoxy) is 1. The first kappa shape index (κ1) is 26.9. The van der Waals surface area contributed by atoms with E-state index >= 15 is 0 Å². The van der Waals surface area contributed by atoms with Crippen LogP contribution in [0.2, 0.25) is 0 Å². The zero-order chi connectivity index (χ0) is 27.4. The number of carbonyl (C=O) groups excluding carboxylic acids is 3. The fourth-order valence-corrected chi connectivity index (χ4v) is 5.63. The van der Waals surface area contributed by atoms with Gasteiger partial charge in [0, 0.05) is 55.6 Å². The molecule has 1 aromatic carbocycles. The van der Waals surface area contributed by atoms with E-state index in [2.05, 4.69) is 15.5 Å². The summed E-state index contributed by atoms with van der Waals surface area (Å²) in [6.07, 6.45) is 1.46. The number of aliphatic carboxylic acids is 1. The van der Waals surface area contributed by atoms with Crippen LogP contribution >= 0.6 is 11.3 Å². The predicted octanol–water partition coefficient (Wildman–Crippen LogP) is 2.62. The van der Waals surface area contributed by atoms with Gasteiger partial charge in [-0.25, -0.2) is 4.79 Å². The van der Waals surface area contributed by atoms with E-state index in [1.54, 1.807) is 18.2 Å². The average molecular weight is 556 g/mol. The third kappa shape index (κ3) is 6.69. The molecule has 1 unspecified atom stereocenters. The van der Waals surface area contributed by atoms with E-state index in [0.717, 1.165) is 23.4 Å². The van der Waals surface area contributed by atoms with E-state index in [1.807, 2.05) is 27.3 Å². The van der Waals surface area contributed by atoms with Crippen molar-refractivity contribution in [2.45, 2.75) is 25.3 Å². The van der Waals surface area contributed by atoms with Crippen molar-refractivity contribution in [3.63, 3.8) is 0 Å². The van der Waals surface area contributed by atoms with Gasteiger partial charge < -0.3 is 35.2 Å². The van der Waals surface area contributed by atoms with Crippen molar-refractivity contribution in [1.82, 2.24) is 15.1 Å². The molecule has 5 rings (SSSR count). The number of carboxylic acid groups (broad SMARTS) is 1. The van der Waals surface area contributed by atoms with Gasteiger partial charge >= 0.3 is 12.0 Å². The van der Waals surface area contributed by atoms with Gasteiger partial charge in [-0.3, -0.25) is 14.4 Å². The van der Waals surface area contributed by atoms with Gasteiger partial charge in [-0.05, 0) is 42.5 Å². The molecule has 0 radical (unpaired) electrons. The number of urea groups is 1. The Kier molecular flexibility index (Phi) is 8.32. The van der Waals surface area contributed by atoms with E-state index < -0.39 is 17.9 Å². The SMILES string of the molecule is O=C(O)CC(NC(=O)c1ccc(N2CCN(C(=O)N3CCOCC3)CC2)c(NC(=O)C2CC2)c1)c1cccs1. The van der Waals surface area contributed by atoms with Crippen molar-refractivity contribution in [3.8, 4) is 0 Å². The van der Waals surface area contributed by atoms with Crippen LogP contribution in [0, 0.1) is 5.92 Å². The molecule has 11 nitrogen and oxygen atoms in total. The highest BCUT2D eigenvalue weighted by Crippen LogP contribution is 2.34. The summed E-state index contributed by atoms with van der Waals surface area (Å²) in [6, 6.07) is 8.14. The number of nitrogens with zero attached hydrogens (tertiary/aromatic N) is 3. The Morgan fingerprint density at radius 1 is 1.00 bits per heavy atom. The minimum Gasteiger partial charge on any atom is -0.481 e. The normalized spacial score (nSPS) is 18.4. The van der Waals surface area contributed by atoms with Gasteiger partial charge in [0.15, 0.2) is 0 Å². The lowest BCUT2D eigenvalue weighted by atomic mass is 10.1. The van der Waals surface area contributed by atoms with Crippen LogP contribution in [0.25, 0.3) is 0 Å². The van der Waals surface area contributed by atoms with Crippen LogP contribution < -0.4 is 15.5 Å². The molecule has 1 saturated carbocycles. The van der Waals surface area contributed by atoms with Crippen LogP contribution in [0.1, 0.15) is 40.5 Å². The third-order valence-electron chi connectivity index (χ3n) is 7.21. The van der Waals surface area contributed by atoms with Crippen LogP contribution in [-0.4, -0.2) is 91.2 Å². The molecule has 2 saturated heterocycles. The molecule has 208 valence electrons. The number of piperazine rings is 1. The number of hydrogen-bond acceptors (Lipinski definition) is 7. The van der Waals surface area contributed by atoms with Crippen LogP contribution in [-0.2, 0) is 14.3 Å². The Morgan fingerprint density at radius 3 is 2.36 bits per heavy atom. The first-order chi connectivity index (χ1) is 18.9. The first-order valence-electron chi connectivity index (χ1n) is 13.3. The number of carboxylic acids is 1. The van der Waals surface area contributed by atoms with Crippen LogP contribution in [0.5, 0.6) is 0 Å². The summed E-state index contributed by atoms with van der Waals surface area (Å²) in [7, 11) is 0. The number of carbonyl (C=O) groups is 4. The molecule has 2 aliphatic heterocycles. The second-order valence-corrected chi connectivity index (χ2v) is 11.0. The zero-order valence-electron chi connectivity index (χ0n) is 21.6. The molecule has 39 heavy (non-hydrogen) atoms. The quantitative estimate of drug-likeness (QED) is 0.456. The van der Waals surface area contributed by atoms with E-state index in [-0.39, 0.29) is 24.3 Å². The molecule has 1 aromatic heterocycles. The number of amides is 4. The van der Waals surface area contributed by atoms with Crippen molar-refractivity contribution in [2.75, 3.05) is 62.7 Å². The number of rotatable bonds is 8. The van der Waals surface area contributed by atoms with Crippen molar-refractivity contribution in [1.29, 1.82) is 0 Å². The maximum Gasteiger partial charge on any atom is 0.320 e. The topological polar surface area (TPSA) is 132 Å². The van der Waals surface area contributed by atoms with Crippen molar-refractivity contribution < 1.29 is 29.0 Å². The lowest BCUT2D eigenvalue weighted by Gasteiger charge is -2.39. The molecule has 0 spiro atoms. The summed E-state index contributed by atoms with van der Waals surface area (Å²) in [5.41, 5.74) is 1.66. The molecular weight excluding hydrogens is 522 g/mol. The number of anilines is 2. The molecule has 3 fully saturated rings. The Hall–Kier alpha value is -3.64. The molecular formula is C27H33N5O6S. The smallest absolute Gasteiger partial charge is 0.320 e. The van der Waals surface area contributed by atoms with E-state index in [0.29, 0.717) is 63.7 Å². The summed E-state index contributed by atoms with van der Waals surface area (Å²) in [6.45, 7) is 4.58. The fourth-order valence-electron chi connectivity index (χ4n) is 4.86. The first-order valence-corrected chi connectivity index (χ1v) is 14.1. The Morgan fingerprint density at radius 2 is 1.72 bits per heavy atom. The molecule has 1 atom stereocenters. The molecule has 4 amide bonds. The average Bonchev–Trinajstić information content (AvgIpc) is 3.66. The zero-order valence-corrected chi connectivity index (χ0v) is 22.5. The van der Waals surface area contributed by atoms with Crippen molar-refractivity contribution in [3.05, 3.63) is 46.2 Å². The van der Waals surface area contributed by atoms with Crippen molar-refractivity contribution >= 4 is 46.5 Å². The van der Waals surface area contributed by atoms with Crippen LogP contribution in [0.15, 0.2) is 35.7 Å². The van der Waals surface area contributed by atoms with Gasteiger partial charge in [-0.1, -0.05) is 6.07 Å². The molecule has 0 bridgehead atoms. The minimum atomic E-state index is -1.01. The second kappa shape index (κ2) is 12.0. The standard InChI is InChI=1S/C27H33N5O6S/c33-24(34)17-21(23-2-1-15-39-23)29-26(36)19-5-6-22(20(16-19)28-25(35)18-3-4-18)30-7-9-31(10-8-30)27(37)32-11-13-38-14-12-32/h1-2,5-6,15-16,18,21H,3-4,7-14,17H2,(H,28,35)(H,29,36)(H,33,34). The highest BCUT2D eigenvalue weighted by Gasteiger charge is 2.32. The van der Waals surface area contributed by atoms with Crippen molar-refractivity contribution in [2.24, 2.45) is 5.92 Å². The number of benzene rings is 1. The maximum atomic E-state index is 13.2. The van der Waals surface area contributed by atoms with Gasteiger partial charge in [-0.2, -0.15) is 0 Å². The van der Waals surface area contributed by atoms with Crippen LogP contribution in [0.4, 0.5) is 16.2 Å². The second-order valence-electron chi connectivity index (χ2n) is 9.99. The summed E-state index contributed by atoms with van der Waals surface area (Å²) >= 11 is 1.39. The van der Waals surface area contributed by atoms with E-state index in [4.69, 9.17) is 4.74 Å². The Balaban J connectivity index is 1.30. The van der Waals surface area contributed by atoms with Gasteiger partial charge in [0.25, 0.3) is 5.91 Å². The number of thiophene rings is 1. The van der Waals surface area contributed by atoms with Gasteiger partial charge in [-0.15, -0.1) is 11.3 Å². The molecule has 12 heteroatoms. The third-order valence-corrected chi connectivity index (χ3v) is 8.19. The Labute approximate surface area is 230 Å². The fraction of sp³-hybridized carbons (Fsp3) is 0.481. The lowest BCUT2D eigenvalue weighted by molar-refractivity contribution is -0.137. The minimum absolute atomic E-state index is 0.0166. The Bertz CT molecular complexity index is 1200. The largest absolute Gasteiger partial charge is 0.481 e. The molecule has 3 N–H and O–H groups in total. The van der Waals surface area contributed by atoms with Gasteiger partial charge in [0.2, 0.25) is 5.91 Å². The highest BCUT2D eigenvalue weighted by atomic mass is 32.1. The molecule has 1 aliphatic carbocycles. The highest BCUT2D eigenvalue weighted by molar-refractivity contribution is 7.10. The van der Waals surface area contributed by atoms with Gasteiger partial charge in [0.05, 0.1) is 37.1 Å². The molecule has 3 aliphatic rings. The summed E-state index contributed by atoms with van der Waals surface area (Å²) in [5.74, 6) is -1.51. The monoisotopic (exact) mass is 555 g/mol. The molecule has 2 aromatic rings. The van der Waals surface area contributed by atoms with Gasteiger partial charge in [0.1, 0.15) is 0 Å².